The molecule has 5 aromatic heterocycles. The molecule has 7 heterocycles. The normalized spacial score (nSPS) is 15.7. The minimum atomic E-state index is -0.238. The summed E-state index contributed by atoms with van der Waals surface area (Å²) in [7, 11) is 3.04. The number of rotatable bonds is 2. The molecule has 162 valence electrons. The summed E-state index contributed by atoms with van der Waals surface area (Å²) < 4.78 is 3.78. The minimum absolute atomic E-state index is 0.135. The number of fused-ring (bicyclic) bond motifs is 5. The fourth-order valence-corrected chi connectivity index (χ4v) is 12.5. The van der Waals surface area contributed by atoms with Crippen molar-refractivity contribution in [2.24, 2.45) is 0 Å². The van der Waals surface area contributed by atoms with E-state index in [9.17, 15) is 19.2 Å². The van der Waals surface area contributed by atoms with Crippen molar-refractivity contribution >= 4 is 101 Å². The Bertz CT molecular complexity index is 1620. The van der Waals surface area contributed by atoms with E-state index in [-0.39, 0.29) is 38.1 Å². The quantitative estimate of drug-likeness (QED) is 0.218. The number of imide groups is 2. The Kier molecular flexibility index (Phi) is 4.00. The second-order valence-electron chi connectivity index (χ2n) is 7.76. The van der Waals surface area contributed by atoms with Crippen LogP contribution in [-0.2, 0) is 0 Å². The third-order valence-electron chi connectivity index (χ3n) is 5.98. The zero-order chi connectivity index (χ0) is 22.8. The van der Waals surface area contributed by atoms with Crippen molar-refractivity contribution in [3.05, 3.63) is 45.1 Å². The molecule has 0 aromatic carbocycles. The first-order valence-corrected chi connectivity index (χ1v) is 14.8. The molecular formula is C22H10N2O4S4Se. The fraction of sp³-hybridized carbons (Fsp3) is 0.0909. The Morgan fingerprint density at radius 1 is 0.727 bits per heavy atom. The second kappa shape index (κ2) is 6.59. The summed E-state index contributed by atoms with van der Waals surface area (Å²) in [5, 5.41) is 4.75. The molecular weight excluding hydrogens is 563 g/mol. The first kappa shape index (κ1) is 20.0. The molecule has 7 rings (SSSR count). The maximum atomic E-state index is 12.6. The van der Waals surface area contributed by atoms with Crippen LogP contribution in [0.4, 0.5) is 0 Å². The van der Waals surface area contributed by atoms with Gasteiger partial charge in [0, 0.05) is 0 Å². The van der Waals surface area contributed by atoms with Crippen molar-refractivity contribution in [3.63, 3.8) is 0 Å². The molecule has 0 aliphatic carbocycles. The Morgan fingerprint density at radius 2 is 1.27 bits per heavy atom. The molecule has 2 aliphatic heterocycles. The van der Waals surface area contributed by atoms with Crippen molar-refractivity contribution in [1.29, 1.82) is 0 Å². The summed E-state index contributed by atoms with van der Waals surface area (Å²) in [5.74, 6) is -0.949. The zero-order valence-corrected chi connectivity index (χ0v) is 21.9. The van der Waals surface area contributed by atoms with Crippen molar-refractivity contribution in [1.82, 2.24) is 9.80 Å². The Balaban J connectivity index is 1.35. The van der Waals surface area contributed by atoms with Gasteiger partial charge in [-0.25, -0.2) is 0 Å². The van der Waals surface area contributed by atoms with E-state index in [4.69, 9.17) is 0 Å². The predicted molar refractivity (Wildman–Crippen MR) is 134 cm³/mol. The third-order valence-corrected chi connectivity index (χ3v) is 13.6. The van der Waals surface area contributed by atoms with Crippen LogP contribution in [0.3, 0.4) is 0 Å². The molecule has 33 heavy (non-hydrogen) atoms. The summed E-state index contributed by atoms with van der Waals surface area (Å²) in [6.45, 7) is 0. The van der Waals surface area contributed by atoms with Crippen LogP contribution in [0.25, 0.3) is 37.4 Å². The molecule has 5 aromatic rings. The van der Waals surface area contributed by atoms with Crippen LogP contribution in [0.5, 0.6) is 0 Å². The van der Waals surface area contributed by atoms with Crippen LogP contribution in [0.2, 0.25) is 0 Å². The molecule has 0 saturated carbocycles. The van der Waals surface area contributed by atoms with Gasteiger partial charge in [0.25, 0.3) is 0 Å². The SMILES string of the molecule is CN1C(=O)c2csc(-c3cc4c(s3)[se]c3cc(-c5scc6c5C(=O)N(C)C6=O)sc34)c2C1=O. The first-order valence-electron chi connectivity index (χ1n) is 9.69. The van der Waals surface area contributed by atoms with E-state index in [1.54, 1.807) is 33.4 Å². The molecule has 0 spiro atoms. The fourth-order valence-electron chi connectivity index (χ4n) is 4.27. The molecule has 0 bridgehead atoms. The van der Waals surface area contributed by atoms with Gasteiger partial charge < -0.3 is 0 Å². The van der Waals surface area contributed by atoms with Crippen LogP contribution in [0, 0.1) is 0 Å². The molecule has 6 nitrogen and oxygen atoms in total. The van der Waals surface area contributed by atoms with Gasteiger partial charge in [-0.2, -0.15) is 0 Å². The summed E-state index contributed by atoms with van der Waals surface area (Å²) >= 11 is 6.39. The van der Waals surface area contributed by atoms with E-state index in [1.807, 2.05) is 0 Å². The van der Waals surface area contributed by atoms with Crippen molar-refractivity contribution < 1.29 is 19.2 Å². The van der Waals surface area contributed by atoms with E-state index < -0.39 is 0 Å². The van der Waals surface area contributed by atoms with Gasteiger partial charge in [0.15, 0.2) is 0 Å². The Morgan fingerprint density at radius 3 is 1.85 bits per heavy atom. The Labute approximate surface area is 208 Å². The molecule has 0 N–H and O–H groups in total. The number of carbonyl (C=O) groups is 4. The molecule has 0 fully saturated rings. The predicted octanol–water partition coefficient (Wildman–Crippen LogP) is 5.08. The van der Waals surface area contributed by atoms with Crippen molar-refractivity contribution in [2.75, 3.05) is 14.1 Å². The van der Waals surface area contributed by atoms with Crippen molar-refractivity contribution in [3.8, 4) is 19.5 Å². The average Bonchev–Trinajstić information content (AvgIpc) is 3.61. The van der Waals surface area contributed by atoms with E-state index in [1.165, 1.54) is 64.5 Å². The van der Waals surface area contributed by atoms with Gasteiger partial charge in [-0.3, -0.25) is 0 Å². The molecule has 0 atom stereocenters. The van der Waals surface area contributed by atoms with Gasteiger partial charge in [0.2, 0.25) is 0 Å². The van der Waals surface area contributed by atoms with Gasteiger partial charge in [0.1, 0.15) is 0 Å². The molecule has 0 unspecified atom stereocenters. The molecule has 11 heteroatoms. The van der Waals surface area contributed by atoms with Crippen LogP contribution in [0.15, 0.2) is 22.9 Å². The number of nitrogens with zero attached hydrogens (tertiary/aromatic N) is 2. The van der Waals surface area contributed by atoms with Gasteiger partial charge in [-0.05, 0) is 0 Å². The van der Waals surface area contributed by atoms with Crippen LogP contribution < -0.4 is 0 Å². The van der Waals surface area contributed by atoms with E-state index >= 15 is 0 Å². The topological polar surface area (TPSA) is 74.8 Å². The number of thiophene rings is 4. The maximum absolute atomic E-state index is 12.6. The van der Waals surface area contributed by atoms with Crippen LogP contribution >= 0.6 is 45.3 Å². The standard InChI is InChI=1S/C22H10N2O4S4Se/c1-23-18(25)8-5-29-16(13(8)20(23)27)10-3-7-15-12(33-22(7)32-10)4-11(31-15)17-14-9(6-30-17)19(26)24(2)21(14)28/h3-6H,1-2H3. The van der Waals surface area contributed by atoms with E-state index in [0.29, 0.717) is 22.3 Å². The zero-order valence-electron chi connectivity index (χ0n) is 16.9. The molecule has 2 aliphatic rings. The summed E-state index contributed by atoms with van der Waals surface area (Å²) in [6.07, 6.45) is 0. The van der Waals surface area contributed by atoms with Gasteiger partial charge in [-0.1, -0.05) is 0 Å². The number of amides is 4. The molecule has 0 saturated heterocycles. The number of hydrogen-bond acceptors (Lipinski definition) is 8. The summed E-state index contributed by atoms with van der Waals surface area (Å²) in [5.41, 5.74) is 2.04. The third kappa shape index (κ3) is 2.47. The van der Waals surface area contributed by atoms with Gasteiger partial charge in [0.05, 0.1) is 0 Å². The molecule has 0 radical (unpaired) electrons. The van der Waals surface area contributed by atoms with Crippen LogP contribution in [-0.4, -0.2) is 62.0 Å². The van der Waals surface area contributed by atoms with E-state index in [2.05, 4.69) is 12.1 Å². The molecule has 4 amide bonds. The van der Waals surface area contributed by atoms with Gasteiger partial charge in [-0.15, -0.1) is 0 Å². The second-order valence-corrected chi connectivity index (χ2v) is 14.4. The number of hydrogen-bond donors (Lipinski definition) is 0. The number of carbonyl (C=O) groups excluding carboxylic acids is 4. The Hall–Kier alpha value is -2.40. The monoisotopic (exact) mass is 574 g/mol. The van der Waals surface area contributed by atoms with Crippen LogP contribution in [0.1, 0.15) is 41.4 Å². The summed E-state index contributed by atoms with van der Waals surface area (Å²) in [6, 6.07) is 4.30. The first-order chi connectivity index (χ1) is 15.8. The summed E-state index contributed by atoms with van der Waals surface area (Å²) in [4.78, 5) is 55.9. The average molecular weight is 574 g/mol. The van der Waals surface area contributed by atoms with E-state index in [0.717, 1.165) is 19.5 Å². The van der Waals surface area contributed by atoms with Crippen molar-refractivity contribution in [2.45, 2.75) is 0 Å². The van der Waals surface area contributed by atoms with Gasteiger partial charge >= 0.3 is 209 Å².